The molecule has 1 N–H and O–H groups in total. The smallest absolute Gasteiger partial charge is 0.295 e. The number of aliphatic hydroxyl groups is 1. The zero-order chi connectivity index (χ0) is 24.0. The van der Waals surface area contributed by atoms with Gasteiger partial charge in [0, 0.05) is 16.6 Å². The van der Waals surface area contributed by atoms with Gasteiger partial charge in [0.25, 0.3) is 11.7 Å². The lowest BCUT2D eigenvalue weighted by Gasteiger charge is -2.27. The summed E-state index contributed by atoms with van der Waals surface area (Å²) in [5.74, 6) is -0.843. The molecule has 2 aromatic rings. The van der Waals surface area contributed by atoms with Gasteiger partial charge in [-0.2, -0.15) is 0 Å². The van der Waals surface area contributed by atoms with Crippen LogP contribution in [0.3, 0.4) is 0 Å². The number of carbonyl (C=O) groups is 2. The lowest BCUT2D eigenvalue weighted by atomic mass is 9.95. The Kier molecular flexibility index (Phi) is 8.69. The Morgan fingerprint density at radius 1 is 1.09 bits per heavy atom. The molecule has 1 saturated heterocycles. The molecule has 1 heterocycles. The number of aliphatic hydroxyl groups excluding tert-OH is 1. The van der Waals surface area contributed by atoms with Crippen LogP contribution in [0.2, 0.25) is 0 Å². The SMILES string of the molecule is CCOc1cccc(C(O)=C2C(=O)C(=O)N(CCCN(CC)CC)C2c2cccc(Br)c2)c1. The van der Waals surface area contributed by atoms with Gasteiger partial charge in [-0.1, -0.05) is 54.0 Å². The van der Waals surface area contributed by atoms with E-state index < -0.39 is 17.7 Å². The van der Waals surface area contributed by atoms with Crippen molar-refractivity contribution in [1.82, 2.24) is 9.80 Å². The summed E-state index contributed by atoms with van der Waals surface area (Å²) in [7, 11) is 0. The van der Waals surface area contributed by atoms with Crippen LogP contribution < -0.4 is 4.74 Å². The van der Waals surface area contributed by atoms with Crippen molar-refractivity contribution in [3.8, 4) is 5.75 Å². The molecule has 0 radical (unpaired) electrons. The number of likely N-dealkylation sites (tertiary alicyclic amines) is 1. The van der Waals surface area contributed by atoms with Gasteiger partial charge >= 0.3 is 0 Å². The normalized spacial score (nSPS) is 17.7. The first kappa shape index (κ1) is 25.0. The van der Waals surface area contributed by atoms with Crippen LogP contribution in [0, 0.1) is 0 Å². The maximum atomic E-state index is 13.2. The topological polar surface area (TPSA) is 70.1 Å². The molecule has 0 bridgehead atoms. The molecule has 1 unspecified atom stereocenters. The number of ether oxygens (including phenoxy) is 1. The molecule has 7 heteroatoms. The zero-order valence-electron chi connectivity index (χ0n) is 19.4. The highest BCUT2D eigenvalue weighted by atomic mass is 79.9. The number of halogens is 1. The third-order valence-corrected chi connectivity index (χ3v) is 6.38. The Balaban J connectivity index is 2.04. The number of amides is 1. The Hall–Kier alpha value is -2.64. The number of Topliss-reactive ketones (excluding diaryl/α,β-unsaturated/α-hetero) is 1. The number of rotatable bonds is 10. The quantitative estimate of drug-likeness (QED) is 0.274. The van der Waals surface area contributed by atoms with E-state index in [4.69, 9.17) is 4.74 Å². The van der Waals surface area contributed by atoms with E-state index in [0.29, 0.717) is 24.5 Å². The molecule has 176 valence electrons. The van der Waals surface area contributed by atoms with Crippen molar-refractivity contribution in [3.63, 3.8) is 0 Å². The average Bonchev–Trinajstić information content (AvgIpc) is 3.07. The van der Waals surface area contributed by atoms with Crippen LogP contribution in [0.15, 0.2) is 58.6 Å². The van der Waals surface area contributed by atoms with E-state index in [9.17, 15) is 14.7 Å². The molecule has 0 spiro atoms. The Morgan fingerprint density at radius 2 is 1.82 bits per heavy atom. The molecular weight excluding hydrogens is 484 g/mol. The number of nitrogens with zero attached hydrogens (tertiary/aromatic N) is 2. The molecule has 6 nitrogen and oxygen atoms in total. The van der Waals surface area contributed by atoms with Gasteiger partial charge in [0.15, 0.2) is 0 Å². The molecule has 1 aliphatic rings. The average molecular weight is 515 g/mol. The molecule has 33 heavy (non-hydrogen) atoms. The minimum Gasteiger partial charge on any atom is -0.507 e. The van der Waals surface area contributed by atoms with E-state index in [2.05, 4.69) is 34.7 Å². The summed E-state index contributed by atoms with van der Waals surface area (Å²) >= 11 is 3.49. The van der Waals surface area contributed by atoms with Crippen LogP contribution >= 0.6 is 15.9 Å². The predicted molar refractivity (Wildman–Crippen MR) is 133 cm³/mol. The highest BCUT2D eigenvalue weighted by Crippen LogP contribution is 2.40. The standard InChI is InChI=1S/C26H31BrN2O4/c1-4-28(5-2)14-9-15-29-23(18-10-7-12-20(27)16-18)22(25(31)26(29)32)24(30)19-11-8-13-21(17-19)33-6-3/h7-8,10-13,16-17,23,30H,4-6,9,14-15H2,1-3H3. The van der Waals surface area contributed by atoms with Crippen molar-refractivity contribution in [2.24, 2.45) is 0 Å². The van der Waals surface area contributed by atoms with Crippen LogP contribution in [0.4, 0.5) is 0 Å². The fourth-order valence-corrected chi connectivity index (χ4v) is 4.61. The number of hydrogen-bond acceptors (Lipinski definition) is 5. The molecular formula is C26H31BrN2O4. The van der Waals surface area contributed by atoms with Gasteiger partial charge in [0.1, 0.15) is 11.5 Å². The molecule has 0 aromatic heterocycles. The molecule has 0 aliphatic carbocycles. The summed E-state index contributed by atoms with van der Waals surface area (Å²) < 4.78 is 6.39. The number of carbonyl (C=O) groups excluding carboxylic acids is 2. The van der Waals surface area contributed by atoms with Crippen LogP contribution in [0.1, 0.15) is 44.4 Å². The van der Waals surface area contributed by atoms with E-state index in [1.807, 2.05) is 31.2 Å². The predicted octanol–water partition coefficient (Wildman–Crippen LogP) is 5.00. The minimum atomic E-state index is -0.665. The van der Waals surface area contributed by atoms with E-state index >= 15 is 0 Å². The van der Waals surface area contributed by atoms with Gasteiger partial charge < -0.3 is 19.6 Å². The Morgan fingerprint density at radius 3 is 2.48 bits per heavy atom. The Labute approximate surface area is 204 Å². The van der Waals surface area contributed by atoms with E-state index in [-0.39, 0.29) is 11.3 Å². The van der Waals surface area contributed by atoms with Crippen molar-refractivity contribution in [2.75, 3.05) is 32.8 Å². The van der Waals surface area contributed by atoms with Crippen molar-refractivity contribution in [3.05, 3.63) is 69.7 Å². The fraction of sp³-hybridized carbons (Fsp3) is 0.385. The summed E-state index contributed by atoms with van der Waals surface area (Å²) in [5.41, 5.74) is 1.32. The van der Waals surface area contributed by atoms with Gasteiger partial charge in [-0.15, -0.1) is 0 Å². The summed E-state index contributed by atoms with van der Waals surface area (Å²) in [4.78, 5) is 30.1. The van der Waals surface area contributed by atoms with Crippen LogP contribution in [0.25, 0.3) is 5.76 Å². The first-order valence-electron chi connectivity index (χ1n) is 11.4. The summed E-state index contributed by atoms with van der Waals surface area (Å²) in [6.45, 7) is 9.69. The molecule has 1 fully saturated rings. The number of hydrogen-bond donors (Lipinski definition) is 1. The summed E-state index contributed by atoms with van der Waals surface area (Å²) in [6.07, 6.45) is 0.735. The molecule has 1 aliphatic heterocycles. The zero-order valence-corrected chi connectivity index (χ0v) is 21.0. The number of benzene rings is 2. The highest BCUT2D eigenvalue weighted by Gasteiger charge is 2.45. The van der Waals surface area contributed by atoms with Crippen molar-refractivity contribution in [2.45, 2.75) is 33.2 Å². The first-order chi connectivity index (χ1) is 15.9. The van der Waals surface area contributed by atoms with Crippen molar-refractivity contribution in [1.29, 1.82) is 0 Å². The van der Waals surface area contributed by atoms with E-state index in [1.165, 1.54) is 0 Å². The summed E-state index contributed by atoms with van der Waals surface area (Å²) in [6, 6.07) is 13.8. The maximum Gasteiger partial charge on any atom is 0.295 e. The maximum absolute atomic E-state index is 13.2. The molecule has 0 saturated carbocycles. The van der Waals surface area contributed by atoms with E-state index in [0.717, 1.165) is 36.1 Å². The second-order valence-electron chi connectivity index (χ2n) is 7.89. The third kappa shape index (κ3) is 5.65. The largest absolute Gasteiger partial charge is 0.507 e. The van der Waals surface area contributed by atoms with Gasteiger partial charge in [0.2, 0.25) is 0 Å². The minimum absolute atomic E-state index is 0.106. The van der Waals surface area contributed by atoms with Gasteiger partial charge in [-0.25, -0.2) is 0 Å². The van der Waals surface area contributed by atoms with Crippen molar-refractivity contribution < 1.29 is 19.4 Å². The first-order valence-corrected chi connectivity index (χ1v) is 12.2. The van der Waals surface area contributed by atoms with Crippen molar-refractivity contribution >= 4 is 33.4 Å². The highest BCUT2D eigenvalue weighted by molar-refractivity contribution is 9.10. The van der Waals surface area contributed by atoms with Gasteiger partial charge in [-0.05, 0) is 62.8 Å². The van der Waals surface area contributed by atoms with E-state index in [1.54, 1.807) is 29.2 Å². The third-order valence-electron chi connectivity index (χ3n) is 5.89. The van der Waals surface area contributed by atoms with Crippen LogP contribution in [-0.2, 0) is 9.59 Å². The summed E-state index contributed by atoms with van der Waals surface area (Å²) in [5, 5.41) is 11.2. The van der Waals surface area contributed by atoms with Gasteiger partial charge in [0.05, 0.1) is 18.2 Å². The second kappa shape index (κ2) is 11.5. The lowest BCUT2D eigenvalue weighted by molar-refractivity contribution is -0.140. The monoisotopic (exact) mass is 514 g/mol. The molecule has 1 atom stereocenters. The molecule has 2 aromatic carbocycles. The molecule has 3 rings (SSSR count). The van der Waals surface area contributed by atoms with Crippen LogP contribution in [-0.4, -0.2) is 59.4 Å². The second-order valence-corrected chi connectivity index (χ2v) is 8.80. The fourth-order valence-electron chi connectivity index (χ4n) is 4.19. The van der Waals surface area contributed by atoms with Crippen LogP contribution in [0.5, 0.6) is 5.75 Å². The van der Waals surface area contributed by atoms with Gasteiger partial charge in [-0.3, -0.25) is 9.59 Å². The lowest BCUT2D eigenvalue weighted by Crippen LogP contribution is -2.33. The Bertz CT molecular complexity index is 1030. The number of ketones is 1. The molecule has 1 amide bonds.